The number of sulfonamides is 1. The highest BCUT2D eigenvalue weighted by Gasteiger charge is 2.12. The van der Waals surface area contributed by atoms with Crippen LogP contribution in [0.25, 0.3) is 0 Å². The Hall–Kier alpha value is -0.810. The Kier molecular flexibility index (Phi) is 12.1. The zero-order chi connectivity index (χ0) is 17.1. The molecule has 24 heavy (non-hydrogen) atoms. The first-order chi connectivity index (χ1) is 11.0. The maximum absolute atomic E-state index is 11.5. The zero-order valence-corrected chi connectivity index (χ0v) is 17.8. The number of rotatable bonds is 10. The normalized spacial score (nSPS) is 12.1. The smallest absolute Gasteiger partial charge is 0.211 e. The van der Waals surface area contributed by atoms with Crippen LogP contribution in [-0.2, 0) is 16.4 Å². The second-order valence-corrected chi connectivity index (χ2v) is 7.11. The average molecular weight is 472 g/mol. The summed E-state index contributed by atoms with van der Waals surface area (Å²) in [5, 5.41) is 6.41. The van der Waals surface area contributed by atoms with Crippen LogP contribution >= 0.6 is 24.0 Å². The van der Waals surface area contributed by atoms with E-state index in [0.717, 1.165) is 31.2 Å². The first-order valence-corrected chi connectivity index (χ1v) is 9.81. The van der Waals surface area contributed by atoms with E-state index in [0.29, 0.717) is 26.1 Å². The second-order valence-electron chi connectivity index (χ2n) is 5.13. The van der Waals surface area contributed by atoms with Gasteiger partial charge < -0.3 is 15.1 Å². The van der Waals surface area contributed by atoms with Gasteiger partial charge in [0, 0.05) is 39.1 Å². The van der Waals surface area contributed by atoms with Crippen LogP contribution in [0.2, 0.25) is 0 Å². The maximum atomic E-state index is 11.5. The van der Waals surface area contributed by atoms with Gasteiger partial charge in [-0.1, -0.05) is 6.92 Å². The number of hydrogen-bond donors (Lipinski definition) is 2. The van der Waals surface area contributed by atoms with E-state index in [-0.39, 0.29) is 24.0 Å². The van der Waals surface area contributed by atoms with Gasteiger partial charge in [0.1, 0.15) is 5.76 Å². The van der Waals surface area contributed by atoms with E-state index in [1.165, 1.54) is 10.6 Å². The summed E-state index contributed by atoms with van der Waals surface area (Å²) in [6.45, 7) is 6.90. The van der Waals surface area contributed by atoms with E-state index in [2.05, 4.69) is 15.6 Å². The molecule has 0 aliphatic heterocycles. The third kappa shape index (κ3) is 9.48. The largest absolute Gasteiger partial charge is 0.469 e. The van der Waals surface area contributed by atoms with E-state index >= 15 is 0 Å². The highest BCUT2D eigenvalue weighted by atomic mass is 127. The van der Waals surface area contributed by atoms with E-state index in [1.54, 1.807) is 6.26 Å². The lowest BCUT2D eigenvalue weighted by Crippen LogP contribution is -2.38. The van der Waals surface area contributed by atoms with Crippen LogP contribution in [0.3, 0.4) is 0 Å². The van der Waals surface area contributed by atoms with E-state index in [9.17, 15) is 8.42 Å². The first kappa shape index (κ1) is 23.2. The Bertz CT molecular complexity index is 561. The molecule has 1 rings (SSSR count). The van der Waals surface area contributed by atoms with Gasteiger partial charge in [-0.05, 0) is 25.5 Å². The van der Waals surface area contributed by atoms with Crippen LogP contribution in [0, 0.1) is 0 Å². The molecule has 2 N–H and O–H groups in total. The predicted molar refractivity (Wildman–Crippen MR) is 109 cm³/mol. The van der Waals surface area contributed by atoms with Crippen LogP contribution in [0.5, 0.6) is 0 Å². The minimum Gasteiger partial charge on any atom is -0.469 e. The van der Waals surface area contributed by atoms with Crippen molar-refractivity contribution in [2.24, 2.45) is 4.99 Å². The quantitative estimate of drug-likeness (QED) is 0.234. The molecule has 7 nitrogen and oxygen atoms in total. The summed E-state index contributed by atoms with van der Waals surface area (Å²) in [7, 11) is -3.12. The van der Waals surface area contributed by atoms with E-state index in [4.69, 9.17) is 4.42 Å². The summed E-state index contributed by atoms with van der Waals surface area (Å²) >= 11 is 0. The molecule has 0 unspecified atom stereocenters. The van der Waals surface area contributed by atoms with Crippen LogP contribution in [0.1, 0.15) is 26.0 Å². The van der Waals surface area contributed by atoms with E-state index in [1.807, 2.05) is 26.0 Å². The van der Waals surface area contributed by atoms with Crippen molar-refractivity contribution in [3.63, 3.8) is 0 Å². The Morgan fingerprint density at radius 1 is 1.33 bits per heavy atom. The summed E-state index contributed by atoms with van der Waals surface area (Å²) in [6.07, 6.45) is 4.38. The van der Waals surface area contributed by atoms with Crippen molar-refractivity contribution < 1.29 is 12.8 Å². The van der Waals surface area contributed by atoms with Crippen molar-refractivity contribution in [3.8, 4) is 0 Å². The van der Waals surface area contributed by atoms with Gasteiger partial charge in [-0.25, -0.2) is 12.7 Å². The van der Waals surface area contributed by atoms with Gasteiger partial charge in [-0.2, -0.15) is 0 Å². The molecular formula is C15H29IN4O3S. The fourth-order valence-electron chi connectivity index (χ4n) is 2.10. The first-order valence-electron chi connectivity index (χ1n) is 7.97. The number of nitrogens with one attached hydrogen (secondary N) is 2. The lowest BCUT2D eigenvalue weighted by molar-refractivity contribution is 0.427. The Morgan fingerprint density at radius 3 is 2.62 bits per heavy atom. The molecule has 0 fully saturated rings. The lowest BCUT2D eigenvalue weighted by atomic mass is 10.3. The van der Waals surface area contributed by atoms with Crippen LogP contribution < -0.4 is 10.6 Å². The molecule has 0 saturated heterocycles. The molecule has 0 saturated carbocycles. The summed E-state index contributed by atoms with van der Waals surface area (Å²) in [5.41, 5.74) is 0. The molecule has 0 aromatic carbocycles. The van der Waals surface area contributed by atoms with Crippen LogP contribution in [-0.4, -0.2) is 57.7 Å². The van der Waals surface area contributed by atoms with Gasteiger partial charge in [-0.15, -0.1) is 24.0 Å². The van der Waals surface area contributed by atoms with Gasteiger partial charge in [-0.3, -0.25) is 4.99 Å². The van der Waals surface area contributed by atoms with Crippen LogP contribution in [0.4, 0.5) is 0 Å². The number of aliphatic imine (C=N–C) groups is 1. The highest BCUT2D eigenvalue weighted by molar-refractivity contribution is 14.0. The topological polar surface area (TPSA) is 86.9 Å². The maximum Gasteiger partial charge on any atom is 0.211 e. The predicted octanol–water partition coefficient (Wildman–Crippen LogP) is 1.67. The third-order valence-electron chi connectivity index (χ3n) is 3.25. The average Bonchev–Trinajstić information content (AvgIpc) is 2.99. The summed E-state index contributed by atoms with van der Waals surface area (Å²) in [4.78, 5) is 4.46. The Balaban J connectivity index is 0.00000529. The van der Waals surface area contributed by atoms with Gasteiger partial charge in [0.2, 0.25) is 10.0 Å². The second kappa shape index (κ2) is 12.5. The number of nitrogens with zero attached hydrogens (tertiary/aromatic N) is 2. The fraction of sp³-hybridized carbons (Fsp3) is 0.667. The Morgan fingerprint density at radius 2 is 2.08 bits per heavy atom. The molecule has 0 bridgehead atoms. The molecule has 1 heterocycles. The molecule has 0 radical (unpaired) electrons. The van der Waals surface area contributed by atoms with Crippen molar-refractivity contribution >= 4 is 40.0 Å². The van der Waals surface area contributed by atoms with Crippen molar-refractivity contribution in [1.29, 1.82) is 0 Å². The molecule has 1 aromatic rings. The number of hydrogen-bond acceptors (Lipinski definition) is 4. The fourth-order valence-corrected chi connectivity index (χ4v) is 3.03. The van der Waals surface area contributed by atoms with Gasteiger partial charge in [0.15, 0.2) is 5.96 Å². The SMILES string of the molecule is CCNC(=NCCCN(CC)S(C)(=O)=O)NCCc1ccco1.I. The van der Waals surface area contributed by atoms with Crippen molar-refractivity contribution in [1.82, 2.24) is 14.9 Å². The van der Waals surface area contributed by atoms with Crippen LogP contribution in [0.15, 0.2) is 27.8 Å². The molecular weight excluding hydrogens is 443 g/mol. The molecule has 0 amide bonds. The number of furan rings is 1. The molecule has 0 aliphatic carbocycles. The number of halogens is 1. The highest BCUT2D eigenvalue weighted by Crippen LogP contribution is 2.00. The van der Waals surface area contributed by atoms with Gasteiger partial charge in [0.25, 0.3) is 0 Å². The summed E-state index contributed by atoms with van der Waals surface area (Å²) in [5.74, 6) is 1.67. The van der Waals surface area contributed by atoms with E-state index < -0.39 is 10.0 Å². The van der Waals surface area contributed by atoms with Crippen molar-refractivity contribution in [2.45, 2.75) is 26.7 Å². The summed E-state index contributed by atoms with van der Waals surface area (Å²) in [6, 6.07) is 3.81. The molecule has 140 valence electrons. The lowest BCUT2D eigenvalue weighted by Gasteiger charge is -2.17. The molecule has 0 aliphatic rings. The monoisotopic (exact) mass is 472 g/mol. The molecule has 9 heteroatoms. The molecule has 0 spiro atoms. The van der Waals surface area contributed by atoms with Gasteiger partial charge in [0.05, 0.1) is 12.5 Å². The molecule has 1 aromatic heterocycles. The minimum atomic E-state index is -3.12. The number of guanidine groups is 1. The zero-order valence-electron chi connectivity index (χ0n) is 14.6. The van der Waals surface area contributed by atoms with Crippen molar-refractivity contribution in [2.75, 3.05) is 39.0 Å². The van der Waals surface area contributed by atoms with Crippen molar-refractivity contribution in [3.05, 3.63) is 24.2 Å². The third-order valence-corrected chi connectivity index (χ3v) is 4.62. The minimum absolute atomic E-state index is 0. The Labute approximate surface area is 162 Å². The molecule has 0 atom stereocenters. The summed E-state index contributed by atoms with van der Waals surface area (Å²) < 4.78 is 29.7. The van der Waals surface area contributed by atoms with Gasteiger partial charge >= 0.3 is 0 Å². The standard InChI is InChI=1S/C15H28N4O3S.HI/c1-4-16-15(18-11-9-14-8-6-13-22-14)17-10-7-12-19(5-2)23(3,20)21;/h6,8,13H,4-5,7,9-12H2,1-3H3,(H2,16,17,18);1H.